The van der Waals surface area contributed by atoms with E-state index in [-0.39, 0.29) is 11.7 Å². The predicted molar refractivity (Wildman–Crippen MR) is 154 cm³/mol. The average molecular weight is 541 g/mol. The number of fused-ring (bicyclic) bond motifs is 1. The summed E-state index contributed by atoms with van der Waals surface area (Å²) in [6.45, 7) is 1.04. The van der Waals surface area contributed by atoms with Crippen LogP contribution in [0.1, 0.15) is 16.7 Å². The van der Waals surface area contributed by atoms with Crippen LogP contribution < -0.4 is 10.2 Å². The Morgan fingerprint density at radius 2 is 1.76 bits per heavy atom. The van der Waals surface area contributed by atoms with Crippen LogP contribution >= 0.6 is 23.4 Å². The number of hydrogen-bond acceptors (Lipinski definition) is 5. The third kappa shape index (κ3) is 6.62. The van der Waals surface area contributed by atoms with E-state index in [0.29, 0.717) is 18.2 Å². The van der Waals surface area contributed by atoms with Crippen molar-refractivity contribution in [1.29, 1.82) is 0 Å². The van der Waals surface area contributed by atoms with Gasteiger partial charge in [-0.2, -0.15) is 5.10 Å². The van der Waals surface area contributed by atoms with E-state index >= 15 is 0 Å². The normalized spacial score (nSPS) is 11.2. The molecule has 0 aliphatic rings. The highest BCUT2D eigenvalue weighted by atomic mass is 35.5. The molecule has 0 unspecified atom stereocenters. The van der Waals surface area contributed by atoms with Crippen LogP contribution in [0.2, 0.25) is 5.02 Å². The Bertz CT molecular complexity index is 1570. The Hall–Kier alpha value is -4.07. The van der Waals surface area contributed by atoms with E-state index in [2.05, 4.69) is 15.1 Å². The molecule has 0 saturated carbocycles. The second-order valence-corrected chi connectivity index (χ2v) is 9.84. The molecule has 1 aromatic heterocycles. The Kier molecular flexibility index (Phi) is 8.38. The number of nitrogens with zero attached hydrogens (tertiary/aromatic N) is 3. The number of hydrogen-bond donors (Lipinski definition) is 1. The lowest BCUT2D eigenvalue weighted by molar-refractivity contribution is -0.118. The minimum absolute atomic E-state index is 0.170. The zero-order valence-electron chi connectivity index (χ0n) is 20.5. The summed E-state index contributed by atoms with van der Waals surface area (Å²) in [5, 5.41) is 5.56. The van der Waals surface area contributed by atoms with Crippen molar-refractivity contribution in [3.05, 3.63) is 125 Å². The van der Waals surface area contributed by atoms with Crippen LogP contribution in [0.5, 0.6) is 5.75 Å². The maximum absolute atomic E-state index is 12.5. The summed E-state index contributed by atoms with van der Waals surface area (Å²) in [5.74, 6) is 0.680. The number of amides is 1. The van der Waals surface area contributed by atoms with Gasteiger partial charge in [-0.25, -0.2) is 10.4 Å². The van der Waals surface area contributed by atoms with E-state index in [1.165, 1.54) is 11.8 Å². The van der Waals surface area contributed by atoms with E-state index in [1.807, 2.05) is 103 Å². The van der Waals surface area contributed by atoms with E-state index in [9.17, 15) is 4.79 Å². The molecule has 0 radical (unpaired) electrons. The first kappa shape index (κ1) is 25.6. The monoisotopic (exact) mass is 540 g/mol. The van der Waals surface area contributed by atoms with E-state index in [0.717, 1.165) is 38.6 Å². The molecule has 0 bridgehead atoms. The van der Waals surface area contributed by atoms with Gasteiger partial charge in [-0.05, 0) is 47.0 Å². The summed E-state index contributed by atoms with van der Waals surface area (Å²) in [6.07, 6.45) is 1.60. The van der Waals surface area contributed by atoms with Gasteiger partial charge in [-0.15, -0.1) is 0 Å². The highest BCUT2D eigenvalue weighted by Crippen LogP contribution is 2.27. The average Bonchev–Trinajstić information content (AvgIpc) is 3.30. The standard InChI is InChI=1S/C30H25ClN4O2S/c31-26-14-5-4-12-24(26)19-35-28-16-7-6-15-27(28)33-30(35)38-21-29(36)34-32-18-23-11-8-13-25(17-23)37-20-22-9-2-1-3-10-22/h1-18H,19-21H2,(H,34,36). The first-order valence-corrected chi connectivity index (χ1v) is 13.4. The van der Waals surface area contributed by atoms with Gasteiger partial charge in [0.25, 0.3) is 5.91 Å². The molecule has 1 heterocycles. The Balaban J connectivity index is 1.19. The van der Waals surface area contributed by atoms with Crippen molar-refractivity contribution >= 4 is 46.5 Å². The fourth-order valence-electron chi connectivity index (χ4n) is 3.88. The summed E-state index contributed by atoms with van der Waals surface area (Å²) >= 11 is 7.77. The number of rotatable bonds is 10. The molecule has 5 rings (SSSR count). The predicted octanol–water partition coefficient (Wildman–Crippen LogP) is 6.56. The Morgan fingerprint density at radius 3 is 2.63 bits per heavy atom. The number of aromatic nitrogens is 2. The van der Waals surface area contributed by atoms with Crippen LogP contribution in [0, 0.1) is 0 Å². The number of thioether (sulfide) groups is 1. The molecule has 6 nitrogen and oxygen atoms in total. The minimum Gasteiger partial charge on any atom is -0.489 e. The van der Waals surface area contributed by atoms with Gasteiger partial charge in [0.1, 0.15) is 12.4 Å². The zero-order chi connectivity index (χ0) is 26.2. The SMILES string of the molecule is O=C(CSc1nc2ccccc2n1Cc1ccccc1Cl)NN=Cc1cccc(OCc2ccccc2)c1. The Morgan fingerprint density at radius 1 is 0.974 bits per heavy atom. The number of nitrogens with one attached hydrogen (secondary N) is 1. The topological polar surface area (TPSA) is 68.5 Å². The highest BCUT2D eigenvalue weighted by molar-refractivity contribution is 7.99. The number of hydrazone groups is 1. The van der Waals surface area contributed by atoms with Gasteiger partial charge >= 0.3 is 0 Å². The van der Waals surface area contributed by atoms with Gasteiger partial charge < -0.3 is 9.30 Å². The molecule has 4 aromatic carbocycles. The molecule has 0 aliphatic carbocycles. The maximum Gasteiger partial charge on any atom is 0.250 e. The molecule has 190 valence electrons. The summed E-state index contributed by atoms with van der Waals surface area (Å²) in [6, 6.07) is 33.2. The number of halogens is 1. The number of carbonyl (C=O) groups excluding carboxylic acids is 1. The molecule has 0 atom stereocenters. The lowest BCUT2D eigenvalue weighted by atomic mass is 10.2. The minimum atomic E-state index is -0.223. The van der Waals surface area contributed by atoms with Gasteiger partial charge in [0.2, 0.25) is 0 Å². The quantitative estimate of drug-likeness (QED) is 0.124. The molecular weight excluding hydrogens is 516 g/mol. The summed E-state index contributed by atoms with van der Waals surface area (Å²) in [7, 11) is 0. The summed E-state index contributed by atoms with van der Waals surface area (Å²) < 4.78 is 7.95. The van der Waals surface area contributed by atoms with E-state index < -0.39 is 0 Å². The summed E-state index contributed by atoms with van der Waals surface area (Å²) in [5.41, 5.74) is 7.37. The summed E-state index contributed by atoms with van der Waals surface area (Å²) in [4.78, 5) is 17.3. The van der Waals surface area contributed by atoms with Crippen LogP contribution in [0.4, 0.5) is 0 Å². The fraction of sp³-hybridized carbons (Fsp3) is 0.100. The molecule has 5 aromatic rings. The van der Waals surface area contributed by atoms with Crippen molar-refractivity contribution in [3.63, 3.8) is 0 Å². The smallest absolute Gasteiger partial charge is 0.250 e. The first-order chi connectivity index (χ1) is 18.7. The molecular formula is C30H25ClN4O2S. The number of para-hydroxylation sites is 2. The van der Waals surface area contributed by atoms with Crippen LogP contribution in [0.25, 0.3) is 11.0 Å². The van der Waals surface area contributed by atoms with Gasteiger partial charge in [-0.1, -0.05) is 96.2 Å². The van der Waals surface area contributed by atoms with Crippen LogP contribution in [-0.4, -0.2) is 27.4 Å². The highest BCUT2D eigenvalue weighted by Gasteiger charge is 2.14. The van der Waals surface area contributed by atoms with Gasteiger partial charge in [0.05, 0.1) is 29.5 Å². The Labute approximate surface area is 230 Å². The number of ether oxygens (including phenoxy) is 1. The lowest BCUT2D eigenvalue weighted by Crippen LogP contribution is -2.20. The van der Waals surface area contributed by atoms with Crippen molar-refractivity contribution in [3.8, 4) is 5.75 Å². The third-order valence-corrected chi connectivity index (χ3v) is 7.09. The van der Waals surface area contributed by atoms with Gasteiger partial charge in [-0.3, -0.25) is 4.79 Å². The van der Waals surface area contributed by atoms with Gasteiger partial charge in [0.15, 0.2) is 5.16 Å². The zero-order valence-corrected chi connectivity index (χ0v) is 22.0. The van der Waals surface area contributed by atoms with Crippen LogP contribution in [-0.2, 0) is 17.9 Å². The first-order valence-electron chi connectivity index (χ1n) is 12.1. The van der Waals surface area contributed by atoms with Gasteiger partial charge in [0, 0.05) is 5.02 Å². The molecule has 1 amide bonds. The van der Waals surface area contributed by atoms with Crippen molar-refractivity contribution in [2.24, 2.45) is 5.10 Å². The van der Waals surface area contributed by atoms with Crippen molar-refractivity contribution in [1.82, 2.24) is 15.0 Å². The van der Waals surface area contributed by atoms with Crippen LogP contribution in [0.3, 0.4) is 0 Å². The molecule has 38 heavy (non-hydrogen) atoms. The van der Waals surface area contributed by atoms with Crippen molar-refractivity contribution in [2.45, 2.75) is 18.3 Å². The lowest BCUT2D eigenvalue weighted by Gasteiger charge is -2.10. The number of benzene rings is 4. The molecule has 0 aliphatic heterocycles. The molecule has 8 heteroatoms. The van der Waals surface area contributed by atoms with Crippen molar-refractivity contribution < 1.29 is 9.53 Å². The van der Waals surface area contributed by atoms with E-state index in [1.54, 1.807) is 6.21 Å². The molecule has 0 saturated heterocycles. The molecule has 0 spiro atoms. The van der Waals surface area contributed by atoms with Crippen molar-refractivity contribution in [2.75, 3.05) is 5.75 Å². The fourth-order valence-corrected chi connectivity index (χ4v) is 4.88. The molecule has 0 fully saturated rings. The number of carbonyl (C=O) groups is 1. The second-order valence-electron chi connectivity index (χ2n) is 8.49. The second kappa shape index (κ2) is 12.4. The largest absolute Gasteiger partial charge is 0.489 e. The van der Waals surface area contributed by atoms with Crippen LogP contribution in [0.15, 0.2) is 113 Å². The number of imidazole rings is 1. The van der Waals surface area contributed by atoms with E-state index in [4.69, 9.17) is 21.3 Å². The molecule has 1 N–H and O–H groups in total. The third-order valence-electron chi connectivity index (χ3n) is 5.75. The maximum atomic E-state index is 12.5.